The summed E-state index contributed by atoms with van der Waals surface area (Å²) in [5.74, 6) is 1.42. The molecule has 0 saturated heterocycles. The van der Waals surface area contributed by atoms with E-state index in [0.29, 0.717) is 11.8 Å². The molecule has 0 saturated carbocycles. The van der Waals surface area contributed by atoms with Crippen molar-refractivity contribution in [2.45, 2.75) is 71.6 Å². The number of halogens is 2. The average molecular weight is 395 g/mol. The molecule has 0 bridgehead atoms. The molecule has 0 spiro atoms. The Bertz CT molecular complexity index is 391. The van der Waals surface area contributed by atoms with Gasteiger partial charge in [0.25, 0.3) is 0 Å². The molecule has 0 amide bonds. The zero-order chi connectivity index (χ0) is 15.1. The Balaban J connectivity index is -0.00000133. The van der Waals surface area contributed by atoms with Gasteiger partial charge in [0.05, 0.1) is 0 Å². The second-order valence-electron chi connectivity index (χ2n) is 6.70. The molecule has 1 aromatic rings. The van der Waals surface area contributed by atoms with Gasteiger partial charge in [-0.05, 0) is 33.0 Å². The van der Waals surface area contributed by atoms with Crippen molar-refractivity contribution in [1.82, 2.24) is 4.90 Å². The van der Waals surface area contributed by atoms with Crippen LogP contribution in [0.3, 0.4) is 0 Å². The summed E-state index contributed by atoms with van der Waals surface area (Å²) < 4.78 is 0. The second kappa shape index (κ2) is 14.9. The molecule has 0 fully saturated rings. The first-order chi connectivity index (χ1) is 9.49. The maximum Gasteiger partial charge on any atom is 3.00 e. The van der Waals surface area contributed by atoms with Crippen molar-refractivity contribution in [2.24, 2.45) is 0 Å². The largest absolute Gasteiger partial charge is 3.00 e. The van der Waals surface area contributed by atoms with E-state index in [2.05, 4.69) is 58.8 Å². The van der Waals surface area contributed by atoms with Crippen molar-refractivity contribution < 1.29 is 46.5 Å². The van der Waals surface area contributed by atoms with Crippen molar-refractivity contribution >= 4 is 0 Å². The van der Waals surface area contributed by atoms with E-state index in [0.717, 1.165) is 6.54 Å². The molecule has 1 radical (unpaired) electrons. The molecule has 0 aromatic heterocycles. The van der Waals surface area contributed by atoms with E-state index in [1.807, 2.05) is 0 Å². The summed E-state index contributed by atoms with van der Waals surface area (Å²) in [5.41, 5.74) is 4.78. The fraction of sp³-hybridized carbons (Fsp3) is 0.737. The summed E-state index contributed by atoms with van der Waals surface area (Å²) in [4.78, 5) is 2.29. The first-order valence-electron chi connectivity index (χ1n) is 8.43. The van der Waals surface area contributed by atoms with Crippen LogP contribution >= 0.6 is 0 Å². The van der Waals surface area contributed by atoms with Crippen LogP contribution in [0.5, 0.6) is 0 Å². The van der Waals surface area contributed by atoms with Gasteiger partial charge in [-0.1, -0.05) is 59.3 Å². The zero-order valence-corrected chi connectivity index (χ0v) is 18.8. The Kier molecular flexibility index (Phi) is 18.4. The maximum absolute atomic E-state index is 2.51. The summed E-state index contributed by atoms with van der Waals surface area (Å²) in [6, 6.07) is 5.00. The van der Waals surface area contributed by atoms with Crippen LogP contribution in [0.4, 0.5) is 0 Å². The number of likely N-dealkylation sites (N-methyl/N-ethyl adjacent to an activating group) is 1. The molecule has 1 rings (SSSR count). The van der Waals surface area contributed by atoms with E-state index in [1.54, 1.807) is 16.7 Å². The van der Waals surface area contributed by atoms with Gasteiger partial charge in [0, 0.05) is 0 Å². The molecule has 0 aliphatic carbocycles. The van der Waals surface area contributed by atoms with E-state index in [1.165, 1.54) is 32.1 Å². The Morgan fingerprint density at radius 2 is 1.52 bits per heavy atom. The molecule has 0 heterocycles. The van der Waals surface area contributed by atoms with E-state index in [9.17, 15) is 0 Å². The Labute approximate surface area is 172 Å². The summed E-state index contributed by atoms with van der Waals surface area (Å²) in [5, 5.41) is 0. The Morgan fingerprint density at radius 3 is 2.00 bits per heavy atom. The standard InChI is InChI=1S/C19H34N.2ClH.Ti/c1-7-9-15(3)18-13-17(11-12-20(5)6)19(14-18)16(4)10-8-2;;;/h13-16H,7-12H2,1-6H3;2*1H;/q-1;;;+3/p-2. The van der Waals surface area contributed by atoms with Crippen molar-refractivity contribution in [1.29, 1.82) is 0 Å². The van der Waals surface area contributed by atoms with Crippen LogP contribution in [0.1, 0.15) is 81.9 Å². The summed E-state index contributed by atoms with van der Waals surface area (Å²) in [6.45, 7) is 10.5. The van der Waals surface area contributed by atoms with Crippen LogP contribution in [-0.4, -0.2) is 25.5 Å². The third-order valence-corrected chi connectivity index (χ3v) is 4.41. The molecule has 133 valence electrons. The van der Waals surface area contributed by atoms with Crippen molar-refractivity contribution in [3.8, 4) is 0 Å². The minimum Gasteiger partial charge on any atom is -1.00 e. The average Bonchev–Trinajstić information content (AvgIpc) is 2.81. The van der Waals surface area contributed by atoms with Gasteiger partial charge >= 0.3 is 21.7 Å². The molecule has 2 atom stereocenters. The summed E-state index contributed by atoms with van der Waals surface area (Å²) >= 11 is 0. The number of hydrogen-bond donors (Lipinski definition) is 0. The quantitative estimate of drug-likeness (QED) is 0.396. The van der Waals surface area contributed by atoms with Crippen LogP contribution < -0.4 is 24.8 Å². The van der Waals surface area contributed by atoms with E-state index < -0.39 is 0 Å². The molecule has 0 aliphatic rings. The van der Waals surface area contributed by atoms with Gasteiger partial charge in [0.2, 0.25) is 0 Å². The fourth-order valence-corrected chi connectivity index (χ4v) is 3.09. The third kappa shape index (κ3) is 9.61. The first-order valence-corrected chi connectivity index (χ1v) is 8.43. The molecule has 4 heteroatoms. The predicted molar refractivity (Wildman–Crippen MR) is 90.9 cm³/mol. The van der Waals surface area contributed by atoms with Crippen LogP contribution in [0.25, 0.3) is 0 Å². The molecule has 1 aromatic carbocycles. The first kappa shape index (κ1) is 28.4. The zero-order valence-electron chi connectivity index (χ0n) is 15.8. The van der Waals surface area contributed by atoms with Crippen molar-refractivity contribution in [3.05, 3.63) is 28.8 Å². The molecular formula is C19H34Cl2NTi. The molecule has 1 nitrogen and oxygen atoms in total. The van der Waals surface area contributed by atoms with Crippen LogP contribution in [-0.2, 0) is 28.1 Å². The maximum atomic E-state index is 2.51. The van der Waals surface area contributed by atoms with Gasteiger partial charge < -0.3 is 29.7 Å². The van der Waals surface area contributed by atoms with E-state index in [4.69, 9.17) is 0 Å². The molecule has 0 aliphatic heterocycles. The number of rotatable bonds is 9. The Hall–Kier alpha value is 0.604. The molecule has 0 N–H and O–H groups in total. The Morgan fingerprint density at radius 1 is 1.00 bits per heavy atom. The smallest absolute Gasteiger partial charge is 1.00 e. The predicted octanol–water partition coefficient (Wildman–Crippen LogP) is -0.678. The number of hydrogen-bond acceptors (Lipinski definition) is 1. The molecule has 2 unspecified atom stereocenters. The van der Waals surface area contributed by atoms with Gasteiger partial charge in [0.1, 0.15) is 0 Å². The van der Waals surface area contributed by atoms with Crippen LogP contribution in [0.15, 0.2) is 12.1 Å². The van der Waals surface area contributed by atoms with Crippen LogP contribution in [0, 0.1) is 0 Å². The van der Waals surface area contributed by atoms with Crippen molar-refractivity contribution in [3.63, 3.8) is 0 Å². The minimum atomic E-state index is 0. The minimum absolute atomic E-state index is 0. The van der Waals surface area contributed by atoms with Gasteiger partial charge in [-0.25, -0.2) is 6.07 Å². The SMILES string of the molecule is CCCC(C)c1cc(C(C)CCC)[c-](CCN(C)C)c1.[Cl-].[Cl-].[Ti+3]. The van der Waals surface area contributed by atoms with Crippen LogP contribution in [0.2, 0.25) is 0 Å². The fourth-order valence-electron chi connectivity index (χ4n) is 3.09. The van der Waals surface area contributed by atoms with Gasteiger partial charge in [0.15, 0.2) is 0 Å². The number of nitrogens with zero attached hydrogens (tertiary/aromatic N) is 1. The normalized spacial score (nSPS) is 12.8. The van der Waals surface area contributed by atoms with Gasteiger partial charge in [-0.3, -0.25) is 0 Å². The van der Waals surface area contributed by atoms with Gasteiger partial charge in [-0.15, -0.1) is 0 Å². The monoisotopic (exact) mass is 394 g/mol. The summed E-state index contributed by atoms with van der Waals surface area (Å²) in [7, 11) is 4.33. The molecular weight excluding hydrogens is 361 g/mol. The van der Waals surface area contributed by atoms with E-state index in [-0.39, 0.29) is 46.5 Å². The van der Waals surface area contributed by atoms with Gasteiger partial charge in [-0.2, -0.15) is 22.8 Å². The summed E-state index contributed by atoms with van der Waals surface area (Å²) in [6.07, 6.45) is 6.35. The molecule has 23 heavy (non-hydrogen) atoms. The topological polar surface area (TPSA) is 3.24 Å². The second-order valence-corrected chi connectivity index (χ2v) is 6.70. The van der Waals surface area contributed by atoms with E-state index >= 15 is 0 Å². The van der Waals surface area contributed by atoms with Crippen molar-refractivity contribution in [2.75, 3.05) is 20.6 Å². The third-order valence-electron chi connectivity index (χ3n) is 4.41.